The van der Waals surface area contributed by atoms with Gasteiger partial charge in [-0.15, -0.1) is 11.3 Å². The molecule has 0 bridgehead atoms. The van der Waals surface area contributed by atoms with Gasteiger partial charge in [0.15, 0.2) is 0 Å². The molecule has 0 fully saturated rings. The molecule has 1 heterocycles. The first-order valence-electron chi connectivity index (χ1n) is 3.84. The van der Waals surface area contributed by atoms with Crippen molar-refractivity contribution < 1.29 is 4.79 Å². The van der Waals surface area contributed by atoms with E-state index in [-0.39, 0.29) is 12.3 Å². The topological polar surface area (TPSA) is 44.1 Å². The predicted molar refractivity (Wildman–Crippen MR) is 52.7 cm³/mol. The van der Waals surface area contributed by atoms with Crippen molar-refractivity contribution in [1.29, 1.82) is 5.26 Å². The summed E-state index contributed by atoms with van der Waals surface area (Å²) >= 11 is 1.51. The van der Waals surface area contributed by atoms with Gasteiger partial charge >= 0.3 is 0 Å². The van der Waals surface area contributed by atoms with Crippen LogP contribution in [0, 0.1) is 18.3 Å². The Hall–Kier alpha value is -1.34. The Kier molecular flexibility index (Phi) is 3.04. The highest BCUT2D eigenvalue weighted by Crippen LogP contribution is 2.25. The number of carbonyl (C=O) groups is 1. The average Bonchev–Trinajstić information content (AvgIpc) is 2.50. The summed E-state index contributed by atoms with van der Waals surface area (Å²) in [6.45, 7) is 1.95. The van der Waals surface area contributed by atoms with Gasteiger partial charge in [0.25, 0.3) is 0 Å². The van der Waals surface area contributed by atoms with Crippen LogP contribution >= 0.6 is 11.3 Å². The standard InChI is InChI=1S/C9H10N2OS/c1-7-4-6-13-9(7)11(2)8(12)3-5-10/h4,6H,3H2,1-2H3. The van der Waals surface area contributed by atoms with Crippen molar-refractivity contribution in [1.82, 2.24) is 0 Å². The molecule has 0 atom stereocenters. The molecule has 0 aliphatic carbocycles. The largest absolute Gasteiger partial charge is 0.306 e. The number of thiophene rings is 1. The molecule has 4 heteroatoms. The summed E-state index contributed by atoms with van der Waals surface area (Å²) in [5, 5.41) is 11.2. The lowest BCUT2D eigenvalue weighted by Crippen LogP contribution is -2.25. The third kappa shape index (κ3) is 2.07. The van der Waals surface area contributed by atoms with Crippen molar-refractivity contribution in [3.8, 4) is 6.07 Å². The van der Waals surface area contributed by atoms with E-state index in [1.54, 1.807) is 7.05 Å². The number of aryl methyl sites for hydroxylation is 1. The lowest BCUT2D eigenvalue weighted by atomic mass is 10.3. The zero-order chi connectivity index (χ0) is 9.84. The number of nitriles is 1. The SMILES string of the molecule is Cc1ccsc1N(C)C(=O)CC#N. The van der Waals surface area contributed by atoms with Gasteiger partial charge in [-0.25, -0.2) is 0 Å². The van der Waals surface area contributed by atoms with E-state index >= 15 is 0 Å². The third-order valence-corrected chi connectivity index (χ3v) is 2.84. The first-order chi connectivity index (χ1) is 6.16. The molecule has 0 saturated carbocycles. The number of hydrogen-bond acceptors (Lipinski definition) is 3. The molecule has 0 unspecified atom stereocenters. The Morgan fingerprint density at radius 1 is 1.77 bits per heavy atom. The number of anilines is 1. The Morgan fingerprint density at radius 3 is 2.92 bits per heavy atom. The van der Waals surface area contributed by atoms with E-state index in [0.29, 0.717) is 0 Å². The molecular formula is C9H10N2OS. The highest BCUT2D eigenvalue weighted by molar-refractivity contribution is 7.14. The van der Waals surface area contributed by atoms with E-state index < -0.39 is 0 Å². The molecule has 0 radical (unpaired) electrons. The number of hydrogen-bond donors (Lipinski definition) is 0. The Labute approximate surface area is 81.2 Å². The molecular weight excluding hydrogens is 184 g/mol. The van der Waals surface area contributed by atoms with Gasteiger partial charge in [-0.2, -0.15) is 5.26 Å². The summed E-state index contributed by atoms with van der Waals surface area (Å²) in [5.41, 5.74) is 1.07. The van der Waals surface area contributed by atoms with E-state index in [4.69, 9.17) is 5.26 Å². The molecule has 1 aromatic rings. The van der Waals surface area contributed by atoms with E-state index in [1.807, 2.05) is 24.4 Å². The highest BCUT2D eigenvalue weighted by Gasteiger charge is 2.12. The lowest BCUT2D eigenvalue weighted by molar-refractivity contribution is -0.117. The van der Waals surface area contributed by atoms with Crippen molar-refractivity contribution in [3.05, 3.63) is 17.0 Å². The van der Waals surface area contributed by atoms with Crippen LogP contribution in [0.25, 0.3) is 0 Å². The molecule has 0 aliphatic heterocycles. The first kappa shape index (κ1) is 9.75. The van der Waals surface area contributed by atoms with Gasteiger partial charge in [-0.05, 0) is 23.9 Å². The molecule has 1 rings (SSSR count). The number of amides is 1. The average molecular weight is 194 g/mol. The van der Waals surface area contributed by atoms with Gasteiger partial charge in [0.05, 0.1) is 6.07 Å². The van der Waals surface area contributed by atoms with Crippen LogP contribution in [-0.2, 0) is 4.79 Å². The fraction of sp³-hybridized carbons (Fsp3) is 0.333. The van der Waals surface area contributed by atoms with Crippen LogP contribution in [-0.4, -0.2) is 13.0 Å². The van der Waals surface area contributed by atoms with Gasteiger partial charge in [0.2, 0.25) is 5.91 Å². The molecule has 0 N–H and O–H groups in total. The fourth-order valence-electron chi connectivity index (χ4n) is 1.01. The maximum absolute atomic E-state index is 11.3. The molecule has 13 heavy (non-hydrogen) atoms. The predicted octanol–water partition coefficient (Wildman–Crippen LogP) is 1.93. The van der Waals surface area contributed by atoms with E-state index in [1.165, 1.54) is 16.2 Å². The quantitative estimate of drug-likeness (QED) is 0.722. The van der Waals surface area contributed by atoms with Crippen molar-refractivity contribution in [2.45, 2.75) is 13.3 Å². The molecule has 68 valence electrons. The summed E-state index contributed by atoms with van der Waals surface area (Å²) in [6.07, 6.45) is -0.0617. The molecule has 1 amide bonds. The molecule has 0 saturated heterocycles. The zero-order valence-corrected chi connectivity index (χ0v) is 8.39. The number of nitrogens with zero attached hydrogens (tertiary/aromatic N) is 2. The minimum absolute atomic E-state index is 0.0617. The second-order valence-corrected chi connectivity index (χ2v) is 3.59. The van der Waals surface area contributed by atoms with Gasteiger partial charge in [0, 0.05) is 7.05 Å². The third-order valence-electron chi connectivity index (χ3n) is 1.74. The second-order valence-electron chi connectivity index (χ2n) is 2.70. The Morgan fingerprint density at radius 2 is 2.46 bits per heavy atom. The zero-order valence-electron chi connectivity index (χ0n) is 7.57. The summed E-state index contributed by atoms with van der Waals surface area (Å²) < 4.78 is 0. The van der Waals surface area contributed by atoms with Gasteiger partial charge in [0.1, 0.15) is 11.4 Å². The number of carbonyl (C=O) groups excluding carboxylic acids is 1. The van der Waals surface area contributed by atoms with Crippen molar-refractivity contribution in [2.75, 3.05) is 11.9 Å². The monoisotopic (exact) mass is 194 g/mol. The van der Waals surface area contributed by atoms with Crippen molar-refractivity contribution >= 4 is 22.2 Å². The Balaban J connectivity index is 2.80. The van der Waals surface area contributed by atoms with Crippen LogP contribution in [0.1, 0.15) is 12.0 Å². The van der Waals surface area contributed by atoms with Crippen LogP contribution in [0.3, 0.4) is 0 Å². The summed E-state index contributed by atoms with van der Waals surface area (Å²) in [5.74, 6) is -0.159. The van der Waals surface area contributed by atoms with Crippen LogP contribution in [0.2, 0.25) is 0 Å². The normalized spacial score (nSPS) is 9.31. The van der Waals surface area contributed by atoms with E-state index in [0.717, 1.165) is 10.6 Å². The summed E-state index contributed by atoms with van der Waals surface area (Å²) in [7, 11) is 1.69. The molecule has 0 spiro atoms. The van der Waals surface area contributed by atoms with Crippen LogP contribution < -0.4 is 4.90 Å². The smallest absolute Gasteiger partial charge is 0.241 e. The maximum atomic E-state index is 11.3. The molecule has 0 aromatic carbocycles. The minimum atomic E-state index is -0.159. The van der Waals surface area contributed by atoms with E-state index in [9.17, 15) is 4.79 Å². The lowest BCUT2D eigenvalue weighted by Gasteiger charge is -2.14. The van der Waals surface area contributed by atoms with Crippen molar-refractivity contribution in [3.63, 3.8) is 0 Å². The first-order valence-corrected chi connectivity index (χ1v) is 4.72. The van der Waals surface area contributed by atoms with Crippen LogP contribution in [0.5, 0.6) is 0 Å². The van der Waals surface area contributed by atoms with Gasteiger partial charge < -0.3 is 4.90 Å². The molecule has 1 aromatic heterocycles. The summed E-state index contributed by atoms with van der Waals surface area (Å²) in [4.78, 5) is 12.8. The van der Waals surface area contributed by atoms with Gasteiger partial charge in [-0.3, -0.25) is 4.79 Å². The fourth-order valence-corrected chi connectivity index (χ4v) is 1.92. The van der Waals surface area contributed by atoms with Crippen LogP contribution in [0.15, 0.2) is 11.4 Å². The van der Waals surface area contributed by atoms with E-state index in [2.05, 4.69) is 0 Å². The maximum Gasteiger partial charge on any atom is 0.241 e. The second kappa shape index (κ2) is 4.06. The van der Waals surface area contributed by atoms with Crippen molar-refractivity contribution in [2.24, 2.45) is 0 Å². The minimum Gasteiger partial charge on any atom is -0.306 e. The molecule has 0 aliphatic rings. The summed E-state index contributed by atoms with van der Waals surface area (Å²) in [6, 6.07) is 3.80. The number of rotatable bonds is 2. The van der Waals surface area contributed by atoms with Crippen LogP contribution in [0.4, 0.5) is 5.00 Å². The Bertz CT molecular complexity index is 351. The molecule has 3 nitrogen and oxygen atoms in total. The van der Waals surface area contributed by atoms with Gasteiger partial charge in [-0.1, -0.05) is 0 Å². The highest BCUT2D eigenvalue weighted by atomic mass is 32.1.